The maximum atomic E-state index is 14.5. The van der Waals surface area contributed by atoms with Crippen LogP contribution in [0.15, 0.2) is 24.4 Å². The molecule has 2 aromatic heterocycles. The minimum atomic E-state index is -0.764. The van der Waals surface area contributed by atoms with Crippen LogP contribution in [0.2, 0.25) is 0 Å². The Balaban J connectivity index is 0.00000261. The van der Waals surface area contributed by atoms with Crippen LogP contribution in [0.4, 0.5) is 21.7 Å². The highest BCUT2D eigenvalue weighted by atomic mass is 35.5. The molecule has 0 radical (unpaired) electrons. The standard InChI is InChI=1S/C18H23FN6O.ClH/c1-10-6-7-11(9-22-10)23-17-12(16(21)26)8-13(19)18(25-17)24-15-5-3-2-4-14(15)20;/h6-9,14-15H,2-5,20H2,1H3,(H2,21,26)(H2,23,24,25);1H. The Hall–Kier alpha value is -2.45. The van der Waals surface area contributed by atoms with E-state index < -0.39 is 11.7 Å². The largest absolute Gasteiger partial charge is 0.365 e. The van der Waals surface area contributed by atoms with Crippen molar-refractivity contribution in [2.75, 3.05) is 10.6 Å². The molecule has 1 aliphatic rings. The van der Waals surface area contributed by atoms with Gasteiger partial charge in [-0.2, -0.15) is 0 Å². The number of anilines is 3. The molecular formula is C18H24ClFN6O. The van der Waals surface area contributed by atoms with Gasteiger partial charge in [-0.15, -0.1) is 12.4 Å². The zero-order valence-corrected chi connectivity index (χ0v) is 15.9. The van der Waals surface area contributed by atoms with E-state index >= 15 is 0 Å². The highest BCUT2D eigenvalue weighted by molar-refractivity contribution is 5.98. The highest BCUT2D eigenvalue weighted by Crippen LogP contribution is 2.26. The number of amides is 1. The summed E-state index contributed by atoms with van der Waals surface area (Å²) in [4.78, 5) is 20.1. The molecule has 2 heterocycles. The summed E-state index contributed by atoms with van der Waals surface area (Å²) in [6, 6.07) is 4.59. The van der Waals surface area contributed by atoms with Gasteiger partial charge in [0.15, 0.2) is 11.6 Å². The fraction of sp³-hybridized carbons (Fsp3) is 0.389. The van der Waals surface area contributed by atoms with E-state index in [-0.39, 0.29) is 41.7 Å². The lowest BCUT2D eigenvalue weighted by Gasteiger charge is -2.30. The molecule has 1 amide bonds. The molecule has 1 aliphatic carbocycles. The van der Waals surface area contributed by atoms with Gasteiger partial charge >= 0.3 is 0 Å². The van der Waals surface area contributed by atoms with E-state index in [1.165, 1.54) is 0 Å². The van der Waals surface area contributed by atoms with E-state index in [0.29, 0.717) is 5.69 Å². The zero-order chi connectivity index (χ0) is 18.7. The van der Waals surface area contributed by atoms with Crippen molar-refractivity contribution in [3.8, 4) is 0 Å². The number of primary amides is 1. The van der Waals surface area contributed by atoms with Gasteiger partial charge in [-0.05, 0) is 38.0 Å². The average Bonchev–Trinajstić information content (AvgIpc) is 2.61. The molecule has 6 N–H and O–H groups in total. The smallest absolute Gasteiger partial charge is 0.252 e. The normalized spacial score (nSPS) is 19.1. The van der Waals surface area contributed by atoms with E-state index in [9.17, 15) is 9.18 Å². The third-order valence-electron chi connectivity index (χ3n) is 4.56. The summed E-state index contributed by atoms with van der Waals surface area (Å²) in [7, 11) is 0. The summed E-state index contributed by atoms with van der Waals surface area (Å²) in [6.45, 7) is 1.87. The van der Waals surface area contributed by atoms with Crippen molar-refractivity contribution in [3.63, 3.8) is 0 Å². The number of nitrogens with zero attached hydrogens (tertiary/aromatic N) is 2. The fourth-order valence-corrected chi connectivity index (χ4v) is 3.07. The molecule has 0 aromatic carbocycles. The van der Waals surface area contributed by atoms with E-state index in [0.717, 1.165) is 37.4 Å². The summed E-state index contributed by atoms with van der Waals surface area (Å²) in [5, 5.41) is 6.07. The van der Waals surface area contributed by atoms with E-state index in [2.05, 4.69) is 20.6 Å². The maximum Gasteiger partial charge on any atom is 0.252 e. The number of pyridine rings is 2. The second kappa shape index (κ2) is 8.96. The first kappa shape index (κ1) is 20.9. The van der Waals surface area contributed by atoms with Gasteiger partial charge in [0.05, 0.1) is 17.4 Å². The van der Waals surface area contributed by atoms with Crippen molar-refractivity contribution in [2.45, 2.75) is 44.7 Å². The monoisotopic (exact) mass is 394 g/mol. The molecule has 1 saturated carbocycles. The lowest BCUT2D eigenvalue weighted by Crippen LogP contribution is -2.43. The number of aryl methyl sites for hydroxylation is 1. The van der Waals surface area contributed by atoms with Gasteiger partial charge in [0, 0.05) is 17.8 Å². The van der Waals surface area contributed by atoms with E-state index in [1.54, 1.807) is 12.3 Å². The molecule has 0 bridgehead atoms. The molecule has 0 spiro atoms. The molecule has 2 atom stereocenters. The molecule has 0 saturated heterocycles. The van der Waals surface area contributed by atoms with Crippen molar-refractivity contribution in [3.05, 3.63) is 41.5 Å². The van der Waals surface area contributed by atoms with Gasteiger partial charge in [0.2, 0.25) is 0 Å². The fourth-order valence-electron chi connectivity index (χ4n) is 3.07. The number of nitrogens with two attached hydrogens (primary N) is 2. The first-order valence-electron chi connectivity index (χ1n) is 8.66. The highest BCUT2D eigenvalue weighted by Gasteiger charge is 2.24. The van der Waals surface area contributed by atoms with Crippen LogP contribution in [-0.4, -0.2) is 28.0 Å². The second-order valence-electron chi connectivity index (χ2n) is 6.59. The molecule has 7 nitrogen and oxygen atoms in total. The lowest BCUT2D eigenvalue weighted by molar-refractivity contribution is 0.100. The van der Waals surface area contributed by atoms with Crippen molar-refractivity contribution >= 4 is 35.6 Å². The van der Waals surface area contributed by atoms with Gasteiger partial charge < -0.3 is 22.1 Å². The van der Waals surface area contributed by atoms with Gasteiger partial charge in [-0.3, -0.25) is 9.78 Å². The number of carbonyl (C=O) groups is 1. The van der Waals surface area contributed by atoms with Crippen LogP contribution >= 0.6 is 12.4 Å². The number of aromatic nitrogens is 2. The topological polar surface area (TPSA) is 119 Å². The number of hydrogen-bond acceptors (Lipinski definition) is 6. The number of hydrogen-bond donors (Lipinski definition) is 4. The van der Waals surface area contributed by atoms with Crippen LogP contribution in [0, 0.1) is 12.7 Å². The Morgan fingerprint density at radius 3 is 2.63 bits per heavy atom. The Morgan fingerprint density at radius 1 is 1.26 bits per heavy atom. The van der Waals surface area contributed by atoms with Crippen LogP contribution in [0.1, 0.15) is 41.7 Å². The SMILES string of the molecule is Cc1ccc(Nc2nc(NC3CCCCC3N)c(F)cc2C(N)=O)cn1.Cl. The van der Waals surface area contributed by atoms with Crippen LogP contribution in [-0.2, 0) is 0 Å². The first-order valence-corrected chi connectivity index (χ1v) is 8.66. The predicted octanol–water partition coefficient (Wildman–Crippen LogP) is 2.87. The maximum absolute atomic E-state index is 14.5. The summed E-state index contributed by atoms with van der Waals surface area (Å²) >= 11 is 0. The summed E-state index contributed by atoms with van der Waals surface area (Å²) in [6.07, 6.45) is 5.45. The van der Waals surface area contributed by atoms with E-state index in [4.69, 9.17) is 11.5 Å². The Morgan fingerprint density at radius 2 is 2.00 bits per heavy atom. The lowest BCUT2D eigenvalue weighted by atomic mass is 9.91. The molecule has 2 unspecified atom stereocenters. The number of carbonyl (C=O) groups excluding carboxylic acids is 1. The quantitative estimate of drug-likeness (QED) is 0.619. The molecule has 1 fully saturated rings. The molecule has 27 heavy (non-hydrogen) atoms. The summed E-state index contributed by atoms with van der Waals surface area (Å²) in [5.74, 6) is -1.17. The minimum Gasteiger partial charge on any atom is -0.365 e. The predicted molar refractivity (Wildman–Crippen MR) is 106 cm³/mol. The van der Waals surface area contributed by atoms with Gasteiger partial charge in [0.1, 0.15) is 5.82 Å². The van der Waals surface area contributed by atoms with Gasteiger partial charge in [0.25, 0.3) is 5.91 Å². The zero-order valence-electron chi connectivity index (χ0n) is 15.0. The molecule has 2 aromatic rings. The molecule has 0 aliphatic heterocycles. The second-order valence-corrected chi connectivity index (χ2v) is 6.59. The Bertz CT molecular complexity index is 801. The van der Waals surface area contributed by atoms with Crippen molar-refractivity contribution < 1.29 is 9.18 Å². The Kier molecular flexibility index (Phi) is 6.92. The minimum absolute atomic E-state index is 0. The molecule has 3 rings (SSSR count). The van der Waals surface area contributed by atoms with Gasteiger partial charge in [-0.25, -0.2) is 9.37 Å². The molecule has 146 valence electrons. The van der Waals surface area contributed by atoms with Crippen molar-refractivity contribution in [1.82, 2.24) is 9.97 Å². The summed E-state index contributed by atoms with van der Waals surface area (Å²) < 4.78 is 14.5. The average molecular weight is 395 g/mol. The van der Waals surface area contributed by atoms with Crippen molar-refractivity contribution in [1.29, 1.82) is 0 Å². The van der Waals surface area contributed by atoms with Crippen LogP contribution in [0.3, 0.4) is 0 Å². The molecular weight excluding hydrogens is 371 g/mol. The number of rotatable bonds is 5. The van der Waals surface area contributed by atoms with E-state index in [1.807, 2.05) is 13.0 Å². The Labute approximate surface area is 163 Å². The van der Waals surface area contributed by atoms with Crippen LogP contribution in [0.5, 0.6) is 0 Å². The molecule has 9 heteroatoms. The first-order chi connectivity index (χ1) is 12.4. The third kappa shape index (κ3) is 5.05. The van der Waals surface area contributed by atoms with Crippen LogP contribution in [0.25, 0.3) is 0 Å². The third-order valence-corrected chi connectivity index (χ3v) is 4.56. The van der Waals surface area contributed by atoms with Gasteiger partial charge in [-0.1, -0.05) is 12.8 Å². The number of halogens is 2. The van der Waals surface area contributed by atoms with Crippen LogP contribution < -0.4 is 22.1 Å². The summed E-state index contributed by atoms with van der Waals surface area (Å²) in [5.41, 5.74) is 12.9. The van der Waals surface area contributed by atoms with Crippen molar-refractivity contribution in [2.24, 2.45) is 11.5 Å². The number of nitrogens with one attached hydrogen (secondary N) is 2.